The molecule has 5 heteroatoms. The van der Waals surface area contributed by atoms with Crippen molar-refractivity contribution in [2.24, 2.45) is 5.73 Å². The van der Waals surface area contributed by atoms with Gasteiger partial charge >= 0.3 is 0 Å². The van der Waals surface area contributed by atoms with E-state index in [9.17, 15) is 0 Å². The van der Waals surface area contributed by atoms with E-state index >= 15 is 0 Å². The number of rotatable bonds is 2. The lowest BCUT2D eigenvalue weighted by molar-refractivity contribution is 0.970. The monoisotopic (exact) mass is 363 g/mol. The molecule has 0 spiro atoms. The number of nitrogens with two attached hydrogens (primary N) is 1. The highest BCUT2D eigenvalue weighted by molar-refractivity contribution is 9.12. The molecule has 64 valence electrons. The van der Waals surface area contributed by atoms with Crippen molar-refractivity contribution in [3.05, 3.63) is 19.2 Å². The van der Waals surface area contributed by atoms with E-state index in [0.29, 0.717) is 6.54 Å². The lowest BCUT2D eigenvalue weighted by Crippen LogP contribution is -2.01. The molecule has 0 fully saturated rings. The van der Waals surface area contributed by atoms with Crippen LogP contribution in [0.1, 0.15) is 5.56 Å². The zero-order valence-corrected chi connectivity index (χ0v) is 11.3. The van der Waals surface area contributed by atoms with E-state index in [-0.39, 0.29) is 17.0 Å². The third-order valence-electron chi connectivity index (χ3n) is 1.14. The largest absolute Gasteiger partial charge is 0.330 e. The van der Waals surface area contributed by atoms with Gasteiger partial charge in [0.25, 0.3) is 0 Å². The Hall–Kier alpha value is 1.10. The van der Waals surface area contributed by atoms with Gasteiger partial charge < -0.3 is 5.73 Å². The van der Waals surface area contributed by atoms with Crippen LogP contribution in [0.4, 0.5) is 0 Å². The summed E-state index contributed by atoms with van der Waals surface area (Å²) in [5, 5.41) is 0. The van der Waals surface area contributed by atoms with Gasteiger partial charge in [0.1, 0.15) is 0 Å². The van der Waals surface area contributed by atoms with Crippen LogP contribution in [-0.4, -0.2) is 6.54 Å². The highest BCUT2D eigenvalue weighted by atomic mass is 79.9. The Morgan fingerprint density at radius 2 is 2.09 bits per heavy atom. The Balaban J connectivity index is 0.000001000. The van der Waals surface area contributed by atoms with Gasteiger partial charge in [0.2, 0.25) is 0 Å². The lowest BCUT2D eigenvalue weighted by Gasteiger charge is -1.91. The fraction of sp³-hybridized carbons (Fsp3) is 0.333. The van der Waals surface area contributed by atoms with Gasteiger partial charge in [-0.05, 0) is 56.5 Å². The smallest absolute Gasteiger partial charge is 0.0742 e. The molecular formula is C6H8Br3NS. The van der Waals surface area contributed by atoms with E-state index in [0.717, 1.165) is 10.2 Å². The van der Waals surface area contributed by atoms with Crippen molar-refractivity contribution in [1.29, 1.82) is 0 Å². The summed E-state index contributed by atoms with van der Waals surface area (Å²) in [7, 11) is 0. The summed E-state index contributed by atoms with van der Waals surface area (Å²) in [5.41, 5.74) is 6.70. The average molecular weight is 366 g/mol. The van der Waals surface area contributed by atoms with E-state index in [1.54, 1.807) is 11.3 Å². The maximum Gasteiger partial charge on any atom is 0.0742 e. The first-order valence-corrected chi connectivity index (χ1v) is 5.28. The normalized spacial score (nSPS) is 9.36. The molecule has 0 saturated carbocycles. The zero-order chi connectivity index (χ0) is 7.56. The molecular weight excluding hydrogens is 358 g/mol. The Morgan fingerprint density at radius 1 is 1.45 bits per heavy atom. The molecule has 1 aromatic rings. The zero-order valence-electron chi connectivity index (χ0n) is 5.64. The molecule has 0 aliphatic carbocycles. The van der Waals surface area contributed by atoms with E-state index < -0.39 is 0 Å². The Labute approximate surface area is 97.4 Å². The predicted octanol–water partition coefficient (Wildman–Crippen LogP) is 3.35. The number of thiophene rings is 1. The fourth-order valence-corrected chi connectivity index (χ4v) is 3.61. The van der Waals surface area contributed by atoms with Crippen molar-refractivity contribution in [3.63, 3.8) is 0 Å². The molecule has 1 aromatic heterocycles. The van der Waals surface area contributed by atoms with E-state index in [1.165, 1.54) is 9.35 Å². The topological polar surface area (TPSA) is 26.0 Å². The van der Waals surface area contributed by atoms with Gasteiger partial charge in [-0.1, -0.05) is 0 Å². The summed E-state index contributed by atoms with van der Waals surface area (Å²) in [5.74, 6) is 0. The average Bonchev–Trinajstić information content (AvgIpc) is 2.13. The van der Waals surface area contributed by atoms with Gasteiger partial charge in [-0.15, -0.1) is 28.3 Å². The molecule has 0 saturated heterocycles. The van der Waals surface area contributed by atoms with Gasteiger partial charge in [-0.2, -0.15) is 0 Å². The second-order valence-corrected chi connectivity index (χ2v) is 5.64. The van der Waals surface area contributed by atoms with Crippen molar-refractivity contribution in [2.45, 2.75) is 6.42 Å². The molecule has 11 heavy (non-hydrogen) atoms. The van der Waals surface area contributed by atoms with Crippen LogP contribution in [0.5, 0.6) is 0 Å². The molecule has 2 N–H and O–H groups in total. The quantitative estimate of drug-likeness (QED) is 0.854. The minimum Gasteiger partial charge on any atom is -0.330 e. The van der Waals surface area contributed by atoms with Crippen LogP contribution in [0.25, 0.3) is 0 Å². The van der Waals surface area contributed by atoms with Crippen LogP contribution >= 0.6 is 60.2 Å². The van der Waals surface area contributed by atoms with Crippen molar-refractivity contribution in [3.8, 4) is 0 Å². The minimum atomic E-state index is 0. The standard InChI is InChI=1S/C6H7Br2NS.BrH/c7-5-3-4(1-2-9)6(8)10-5;/h3H,1-2,9H2;1H. The Morgan fingerprint density at radius 3 is 2.45 bits per heavy atom. The number of halogens is 3. The molecule has 0 aliphatic rings. The number of hydrogen-bond donors (Lipinski definition) is 1. The highest BCUT2D eigenvalue weighted by Gasteiger charge is 2.02. The molecule has 0 aromatic carbocycles. The predicted molar refractivity (Wildman–Crippen MR) is 62.8 cm³/mol. The molecule has 1 heterocycles. The summed E-state index contributed by atoms with van der Waals surface area (Å²) in [6.07, 6.45) is 0.947. The SMILES string of the molecule is Br.NCCc1cc(Br)sc1Br. The molecule has 1 rings (SSSR count). The maximum atomic E-state index is 5.41. The van der Waals surface area contributed by atoms with Crippen LogP contribution in [-0.2, 0) is 6.42 Å². The molecule has 0 atom stereocenters. The summed E-state index contributed by atoms with van der Waals surface area (Å²) in [4.78, 5) is 0. The molecule has 0 bridgehead atoms. The van der Waals surface area contributed by atoms with Gasteiger partial charge in [0.15, 0.2) is 0 Å². The first kappa shape index (κ1) is 12.1. The van der Waals surface area contributed by atoms with Gasteiger partial charge in [0, 0.05) is 0 Å². The third kappa shape index (κ3) is 3.55. The van der Waals surface area contributed by atoms with E-state index in [1.807, 2.05) is 0 Å². The third-order valence-corrected chi connectivity index (χ3v) is 3.60. The van der Waals surface area contributed by atoms with Crippen LogP contribution in [0.3, 0.4) is 0 Å². The molecule has 0 aliphatic heterocycles. The van der Waals surface area contributed by atoms with Crippen LogP contribution in [0, 0.1) is 0 Å². The van der Waals surface area contributed by atoms with Crippen LogP contribution in [0.15, 0.2) is 13.6 Å². The molecule has 0 unspecified atom stereocenters. The van der Waals surface area contributed by atoms with Crippen molar-refractivity contribution < 1.29 is 0 Å². The number of hydrogen-bond acceptors (Lipinski definition) is 2. The van der Waals surface area contributed by atoms with E-state index in [4.69, 9.17) is 5.73 Å². The highest BCUT2D eigenvalue weighted by Crippen LogP contribution is 2.31. The summed E-state index contributed by atoms with van der Waals surface area (Å²) < 4.78 is 2.34. The summed E-state index contributed by atoms with van der Waals surface area (Å²) in [6, 6.07) is 2.10. The van der Waals surface area contributed by atoms with Gasteiger partial charge in [0.05, 0.1) is 7.57 Å². The fourth-order valence-electron chi connectivity index (χ4n) is 0.700. The summed E-state index contributed by atoms with van der Waals surface area (Å²) in [6.45, 7) is 0.710. The Kier molecular flexibility index (Phi) is 6.26. The van der Waals surface area contributed by atoms with Gasteiger partial charge in [-0.25, -0.2) is 0 Å². The Bertz CT molecular complexity index is 224. The van der Waals surface area contributed by atoms with Gasteiger partial charge in [-0.3, -0.25) is 0 Å². The molecule has 0 amide bonds. The van der Waals surface area contributed by atoms with Crippen molar-refractivity contribution in [1.82, 2.24) is 0 Å². The van der Waals surface area contributed by atoms with Crippen LogP contribution < -0.4 is 5.73 Å². The molecule has 1 nitrogen and oxygen atoms in total. The first-order chi connectivity index (χ1) is 4.74. The second-order valence-electron chi connectivity index (χ2n) is 1.89. The van der Waals surface area contributed by atoms with Crippen molar-refractivity contribution in [2.75, 3.05) is 6.54 Å². The van der Waals surface area contributed by atoms with Crippen LogP contribution in [0.2, 0.25) is 0 Å². The lowest BCUT2D eigenvalue weighted by atomic mass is 10.2. The molecule has 0 radical (unpaired) electrons. The minimum absolute atomic E-state index is 0. The van der Waals surface area contributed by atoms with Crippen molar-refractivity contribution >= 4 is 60.2 Å². The maximum absolute atomic E-state index is 5.41. The summed E-state index contributed by atoms with van der Waals surface area (Å²) >= 11 is 8.54. The second kappa shape index (κ2) is 5.70. The first-order valence-electron chi connectivity index (χ1n) is 2.88. The van der Waals surface area contributed by atoms with E-state index in [2.05, 4.69) is 37.9 Å².